The van der Waals surface area contributed by atoms with Gasteiger partial charge < -0.3 is 4.84 Å². The molecule has 6 heteroatoms. The molecule has 0 atom stereocenters. The molecule has 0 spiro atoms. The average Bonchev–Trinajstić information content (AvgIpc) is 2.18. The van der Waals surface area contributed by atoms with E-state index < -0.39 is 0 Å². The van der Waals surface area contributed by atoms with Crippen molar-refractivity contribution in [2.75, 3.05) is 20.0 Å². The molecule has 1 N–H and O–H groups in total. The van der Waals surface area contributed by atoms with Gasteiger partial charge in [0.15, 0.2) is 0 Å². The lowest BCUT2D eigenvalue weighted by molar-refractivity contribution is -0.126. The zero-order chi connectivity index (χ0) is 11.0. The highest BCUT2D eigenvalue weighted by molar-refractivity contribution is 8.00. The number of hydrogen-bond donors (Lipinski definition) is 1. The van der Waals surface area contributed by atoms with E-state index in [4.69, 9.17) is 4.84 Å². The van der Waals surface area contributed by atoms with Gasteiger partial charge in [-0.05, 0) is 20.1 Å². The largest absolute Gasteiger partial charge is 0.373 e. The molecule has 14 heavy (non-hydrogen) atoms. The van der Waals surface area contributed by atoms with E-state index in [1.807, 2.05) is 20.1 Å². The van der Waals surface area contributed by atoms with Gasteiger partial charge in [0.25, 0.3) is 0 Å². The van der Waals surface area contributed by atoms with Gasteiger partial charge in [0.1, 0.15) is 0 Å². The second kappa shape index (κ2) is 6.67. The Morgan fingerprint density at radius 3 is 2.71 bits per heavy atom. The molecule has 0 aromatic rings. The summed E-state index contributed by atoms with van der Waals surface area (Å²) in [7, 11) is 1.63. The highest BCUT2D eigenvalue weighted by Crippen LogP contribution is 2.17. The van der Waals surface area contributed by atoms with E-state index in [0.717, 1.165) is 0 Å². The fourth-order valence-electron chi connectivity index (χ4n) is 0.460. The number of hydrogen-bond acceptors (Lipinski definition) is 5. The topological polar surface area (TPSA) is 53.9 Å². The molecular weight excluding hydrogens is 202 g/mol. The van der Waals surface area contributed by atoms with Crippen molar-refractivity contribution in [1.29, 1.82) is 0 Å². The number of carbonyl (C=O) groups is 1. The summed E-state index contributed by atoms with van der Waals surface area (Å²) in [5.41, 5.74) is 2.62. The van der Waals surface area contributed by atoms with Gasteiger partial charge in [-0.25, -0.2) is 10.4 Å². The molecule has 0 aliphatic heterocycles. The van der Waals surface area contributed by atoms with Crippen molar-refractivity contribution in [3.8, 4) is 0 Å². The zero-order valence-electron chi connectivity index (χ0n) is 8.98. The van der Waals surface area contributed by atoms with Crippen LogP contribution >= 0.6 is 11.8 Å². The third-order valence-electron chi connectivity index (χ3n) is 1.58. The summed E-state index contributed by atoms with van der Waals surface area (Å²) in [5, 5.41) is 5.00. The van der Waals surface area contributed by atoms with Gasteiger partial charge in [-0.15, -0.1) is 0 Å². The Morgan fingerprint density at radius 1 is 1.64 bits per heavy atom. The van der Waals surface area contributed by atoms with Crippen LogP contribution in [0, 0.1) is 0 Å². The minimum Gasteiger partial charge on any atom is -0.373 e. The van der Waals surface area contributed by atoms with Crippen LogP contribution in [0.3, 0.4) is 0 Å². The average molecular weight is 219 g/mol. The lowest BCUT2D eigenvalue weighted by atomic mass is 10.2. The number of nitrogens with one attached hydrogen (secondary N) is 1. The Kier molecular flexibility index (Phi) is 6.31. The van der Waals surface area contributed by atoms with Crippen LogP contribution in [0.2, 0.25) is 0 Å². The van der Waals surface area contributed by atoms with Gasteiger partial charge in [0.2, 0.25) is 13.1 Å². The number of rotatable bonds is 7. The second-order valence-electron chi connectivity index (χ2n) is 3.10. The van der Waals surface area contributed by atoms with Crippen molar-refractivity contribution in [3.63, 3.8) is 0 Å². The van der Waals surface area contributed by atoms with Crippen LogP contribution in [0.15, 0.2) is 5.16 Å². The van der Waals surface area contributed by atoms with Crippen LogP contribution in [-0.2, 0) is 9.63 Å². The number of oxime groups is 1. The van der Waals surface area contributed by atoms with Gasteiger partial charge in [0, 0.05) is 11.8 Å². The van der Waals surface area contributed by atoms with E-state index in [1.165, 1.54) is 5.01 Å². The molecule has 0 radical (unpaired) electrons. The summed E-state index contributed by atoms with van der Waals surface area (Å²) in [6.07, 6.45) is 4.34. The van der Waals surface area contributed by atoms with E-state index in [2.05, 4.69) is 10.6 Å². The first-order valence-electron chi connectivity index (χ1n) is 4.16. The summed E-state index contributed by atoms with van der Waals surface area (Å²) >= 11 is 1.67. The predicted octanol–water partition coefficient (Wildman–Crippen LogP) is 0.681. The Balaban J connectivity index is 3.77. The fourth-order valence-corrected chi connectivity index (χ4v) is 0.609. The standard InChI is InChI=1S/C8H17N3O2S/c1-8(2,14-4)5-10-13-7-11(6-12)9-3/h5-6,9H,7H2,1-4H3. The minimum absolute atomic E-state index is 0.0499. The Bertz CT molecular complexity index is 197. The molecular formula is C8H17N3O2S. The minimum atomic E-state index is -0.0499. The van der Waals surface area contributed by atoms with Crippen LogP contribution in [-0.4, -0.2) is 42.4 Å². The lowest BCUT2D eigenvalue weighted by Crippen LogP contribution is -2.35. The molecule has 0 aromatic heterocycles. The van der Waals surface area contributed by atoms with Crippen molar-refractivity contribution in [1.82, 2.24) is 10.4 Å². The third kappa shape index (κ3) is 5.82. The molecule has 0 saturated heterocycles. The summed E-state index contributed by atoms with van der Waals surface area (Å²) in [6, 6.07) is 0. The highest BCUT2D eigenvalue weighted by Gasteiger charge is 2.12. The van der Waals surface area contributed by atoms with E-state index in [-0.39, 0.29) is 11.5 Å². The van der Waals surface area contributed by atoms with Crippen LogP contribution < -0.4 is 5.43 Å². The van der Waals surface area contributed by atoms with Crippen molar-refractivity contribution in [2.45, 2.75) is 18.6 Å². The third-order valence-corrected chi connectivity index (χ3v) is 2.73. The maximum atomic E-state index is 10.3. The van der Waals surface area contributed by atoms with Crippen LogP contribution in [0.1, 0.15) is 13.8 Å². The van der Waals surface area contributed by atoms with Crippen LogP contribution in [0.4, 0.5) is 0 Å². The van der Waals surface area contributed by atoms with Crippen molar-refractivity contribution in [3.05, 3.63) is 0 Å². The molecule has 82 valence electrons. The number of hydrazine groups is 1. The highest BCUT2D eigenvalue weighted by atomic mass is 32.2. The van der Waals surface area contributed by atoms with Crippen LogP contribution in [0.25, 0.3) is 0 Å². The Hall–Kier alpha value is -0.750. The lowest BCUT2D eigenvalue weighted by Gasteiger charge is -2.16. The number of carbonyl (C=O) groups excluding carboxylic acids is 1. The van der Waals surface area contributed by atoms with E-state index in [9.17, 15) is 4.79 Å². The first-order chi connectivity index (χ1) is 6.55. The number of thioether (sulfide) groups is 1. The molecule has 0 saturated carbocycles. The molecule has 0 bridgehead atoms. The first kappa shape index (κ1) is 13.2. The first-order valence-corrected chi connectivity index (χ1v) is 5.39. The number of nitrogens with zero attached hydrogens (tertiary/aromatic N) is 2. The normalized spacial score (nSPS) is 11.7. The maximum absolute atomic E-state index is 10.3. The summed E-state index contributed by atoms with van der Waals surface area (Å²) in [6.45, 7) is 4.15. The molecule has 0 heterocycles. The molecule has 0 aromatic carbocycles. The maximum Gasteiger partial charge on any atom is 0.226 e. The number of amides is 1. The zero-order valence-corrected chi connectivity index (χ0v) is 9.80. The van der Waals surface area contributed by atoms with Crippen molar-refractivity contribution < 1.29 is 9.63 Å². The molecule has 0 aliphatic rings. The van der Waals surface area contributed by atoms with Crippen molar-refractivity contribution in [2.24, 2.45) is 5.16 Å². The Labute approximate surface area is 88.8 Å². The molecule has 0 aliphatic carbocycles. The smallest absolute Gasteiger partial charge is 0.226 e. The van der Waals surface area contributed by atoms with Crippen LogP contribution in [0.5, 0.6) is 0 Å². The van der Waals surface area contributed by atoms with Gasteiger partial charge >= 0.3 is 0 Å². The van der Waals surface area contributed by atoms with Gasteiger partial charge in [-0.2, -0.15) is 11.8 Å². The molecule has 1 amide bonds. The fraction of sp³-hybridized carbons (Fsp3) is 0.750. The summed E-state index contributed by atoms with van der Waals surface area (Å²) in [4.78, 5) is 15.2. The SMILES string of the molecule is CNN(C=O)CON=CC(C)(C)SC. The molecule has 5 nitrogen and oxygen atoms in total. The molecule has 0 fully saturated rings. The summed E-state index contributed by atoms with van der Waals surface area (Å²) in [5.74, 6) is 0. The second-order valence-corrected chi connectivity index (χ2v) is 4.56. The molecule has 0 unspecified atom stereocenters. The van der Waals surface area contributed by atoms with Gasteiger partial charge in [0.05, 0.1) is 6.21 Å². The van der Waals surface area contributed by atoms with Gasteiger partial charge in [-0.3, -0.25) is 4.79 Å². The van der Waals surface area contributed by atoms with Crippen molar-refractivity contribution >= 4 is 24.4 Å². The Morgan fingerprint density at radius 2 is 2.29 bits per heavy atom. The van der Waals surface area contributed by atoms with E-state index in [0.29, 0.717) is 6.41 Å². The molecule has 0 rings (SSSR count). The van der Waals surface area contributed by atoms with Gasteiger partial charge in [-0.1, -0.05) is 5.16 Å². The predicted molar refractivity (Wildman–Crippen MR) is 59.0 cm³/mol. The van der Waals surface area contributed by atoms with E-state index in [1.54, 1.807) is 25.0 Å². The monoisotopic (exact) mass is 219 g/mol. The quantitative estimate of drug-likeness (QED) is 0.296. The van der Waals surface area contributed by atoms with E-state index >= 15 is 0 Å². The summed E-state index contributed by atoms with van der Waals surface area (Å²) < 4.78 is -0.0499.